The second kappa shape index (κ2) is 12.2. The molecule has 9 heteroatoms. The fourth-order valence-electron chi connectivity index (χ4n) is 6.10. The summed E-state index contributed by atoms with van der Waals surface area (Å²) in [5, 5.41) is 7.88. The number of allylic oxidation sites excluding steroid dienone is 2. The van der Waals surface area contributed by atoms with Crippen molar-refractivity contribution in [2.24, 2.45) is 29.4 Å². The third-order valence-electron chi connectivity index (χ3n) is 7.95. The number of ether oxygens (including phenoxy) is 2. The molecule has 0 aromatic carbocycles. The molecule has 2 fully saturated rings. The largest absolute Gasteiger partial charge is 0.477 e. The van der Waals surface area contributed by atoms with Crippen molar-refractivity contribution in [2.45, 2.75) is 65.0 Å². The summed E-state index contributed by atoms with van der Waals surface area (Å²) in [4.78, 5) is 27.9. The van der Waals surface area contributed by atoms with Gasteiger partial charge in [-0.25, -0.2) is 4.68 Å². The fourth-order valence-corrected chi connectivity index (χ4v) is 6.10. The van der Waals surface area contributed by atoms with Crippen LogP contribution in [0.5, 0.6) is 5.88 Å². The van der Waals surface area contributed by atoms with Crippen LogP contribution >= 0.6 is 0 Å². The van der Waals surface area contributed by atoms with E-state index in [4.69, 9.17) is 15.2 Å². The van der Waals surface area contributed by atoms with Crippen molar-refractivity contribution in [1.82, 2.24) is 20.0 Å². The topological polar surface area (TPSA) is 112 Å². The average Bonchev–Trinajstić information content (AvgIpc) is 3.53. The third kappa shape index (κ3) is 5.94. The Kier molecular flexibility index (Phi) is 9.06. The summed E-state index contributed by atoms with van der Waals surface area (Å²) in [6, 6.07) is 0.213. The van der Waals surface area contributed by atoms with E-state index in [9.17, 15) is 9.59 Å². The van der Waals surface area contributed by atoms with Crippen LogP contribution < -0.4 is 15.8 Å². The molecule has 0 spiro atoms. The minimum Gasteiger partial charge on any atom is -0.477 e. The lowest BCUT2D eigenvalue weighted by atomic mass is 9.88. The van der Waals surface area contributed by atoms with Gasteiger partial charge in [-0.15, -0.1) is 0 Å². The van der Waals surface area contributed by atoms with Crippen molar-refractivity contribution in [3.63, 3.8) is 0 Å². The number of nitrogens with one attached hydrogen (secondary N) is 1. The van der Waals surface area contributed by atoms with Crippen LogP contribution in [-0.2, 0) is 16.1 Å². The maximum atomic E-state index is 13.5. The first kappa shape index (κ1) is 26.7. The number of nitrogens with two attached hydrogens (primary N) is 1. The SMILES string of the molecule is COCCN(CCn1ncc(C(=O)NC2C3CC=C4CCC2C4C3)c1OCC(C)C)C(=O)CCCN. The molecule has 4 atom stereocenters. The van der Waals surface area contributed by atoms with Crippen molar-refractivity contribution in [3.05, 3.63) is 23.4 Å². The molecule has 3 aliphatic carbocycles. The van der Waals surface area contributed by atoms with Crippen molar-refractivity contribution >= 4 is 11.8 Å². The first-order valence-electron chi connectivity index (χ1n) is 13.6. The number of carbonyl (C=O) groups excluding carboxylic acids is 2. The van der Waals surface area contributed by atoms with Crippen molar-refractivity contribution in [1.29, 1.82) is 0 Å². The quantitative estimate of drug-likeness (QED) is 0.379. The Morgan fingerprint density at radius 2 is 2.17 bits per heavy atom. The molecule has 2 bridgehead atoms. The minimum absolute atomic E-state index is 0.0455. The van der Waals surface area contributed by atoms with Gasteiger partial charge in [0.25, 0.3) is 5.91 Å². The maximum absolute atomic E-state index is 13.5. The van der Waals surface area contributed by atoms with E-state index in [0.717, 1.165) is 6.42 Å². The van der Waals surface area contributed by atoms with E-state index < -0.39 is 0 Å². The Hall–Kier alpha value is -2.39. The summed E-state index contributed by atoms with van der Waals surface area (Å²) in [5.41, 5.74) is 7.68. The van der Waals surface area contributed by atoms with Gasteiger partial charge in [-0.3, -0.25) is 9.59 Å². The number of fused-ring (bicyclic) bond motifs is 1. The van der Waals surface area contributed by atoms with Gasteiger partial charge in [0.1, 0.15) is 5.56 Å². The van der Waals surface area contributed by atoms with Crippen LogP contribution in [-0.4, -0.2) is 72.5 Å². The summed E-state index contributed by atoms with van der Waals surface area (Å²) >= 11 is 0. The zero-order valence-electron chi connectivity index (χ0n) is 22.1. The standard InChI is InChI=1S/C27H43N5O4/c1-18(2)17-36-27-23(26(34)30-25-20-7-6-19-8-9-21(25)22(19)15-20)16-29-32(27)12-11-31(13-14-35-3)24(33)5-4-10-28/h6,16,18,20-22,25H,4-5,7-15,17,28H2,1-3H3,(H,30,34). The molecule has 1 aromatic rings. The maximum Gasteiger partial charge on any atom is 0.258 e. The normalized spacial score (nSPS) is 24.2. The number of carbonyl (C=O) groups is 2. The van der Waals surface area contributed by atoms with Gasteiger partial charge in [-0.05, 0) is 62.3 Å². The molecular formula is C27H43N5O4. The Morgan fingerprint density at radius 1 is 1.33 bits per heavy atom. The fraction of sp³-hybridized carbons (Fsp3) is 0.741. The van der Waals surface area contributed by atoms with Gasteiger partial charge in [0, 0.05) is 32.7 Å². The van der Waals surface area contributed by atoms with Crippen LogP contribution in [0.3, 0.4) is 0 Å². The second-order valence-electron chi connectivity index (χ2n) is 10.9. The summed E-state index contributed by atoms with van der Waals surface area (Å²) in [6.07, 6.45) is 9.71. The number of methoxy groups -OCH3 is 1. The number of nitrogens with zero attached hydrogens (tertiary/aromatic N) is 3. The molecule has 4 unspecified atom stereocenters. The number of hydrogen-bond acceptors (Lipinski definition) is 6. The van der Waals surface area contributed by atoms with Gasteiger partial charge in [0.2, 0.25) is 11.8 Å². The zero-order chi connectivity index (χ0) is 25.7. The predicted octanol–water partition coefficient (Wildman–Crippen LogP) is 2.61. The summed E-state index contributed by atoms with van der Waals surface area (Å²) in [6.45, 7) is 6.96. The number of rotatable bonds is 14. The molecule has 2 amide bonds. The second-order valence-corrected chi connectivity index (χ2v) is 10.9. The minimum atomic E-state index is -0.110. The Balaban J connectivity index is 1.46. The number of aromatic nitrogens is 2. The van der Waals surface area contributed by atoms with E-state index in [-0.39, 0.29) is 17.9 Å². The first-order valence-corrected chi connectivity index (χ1v) is 13.6. The molecule has 0 radical (unpaired) electrons. The Labute approximate surface area is 214 Å². The number of hydrogen-bond donors (Lipinski definition) is 2. The zero-order valence-corrected chi connectivity index (χ0v) is 22.1. The molecule has 9 nitrogen and oxygen atoms in total. The molecule has 1 heterocycles. The highest BCUT2D eigenvalue weighted by molar-refractivity contribution is 5.96. The molecular weight excluding hydrogens is 458 g/mol. The smallest absolute Gasteiger partial charge is 0.258 e. The van der Waals surface area contributed by atoms with Gasteiger partial charge in [0.15, 0.2) is 0 Å². The molecule has 2 saturated carbocycles. The van der Waals surface area contributed by atoms with Gasteiger partial charge in [0.05, 0.1) is 26.0 Å². The first-order chi connectivity index (χ1) is 17.4. The Bertz CT molecular complexity index is 943. The van der Waals surface area contributed by atoms with Gasteiger partial charge in [-0.2, -0.15) is 5.10 Å². The van der Waals surface area contributed by atoms with Crippen molar-refractivity contribution < 1.29 is 19.1 Å². The van der Waals surface area contributed by atoms with Crippen LogP contribution in [0.2, 0.25) is 0 Å². The van der Waals surface area contributed by atoms with E-state index in [1.807, 2.05) is 0 Å². The van der Waals surface area contributed by atoms with Gasteiger partial charge < -0.3 is 25.4 Å². The molecule has 200 valence electrons. The van der Waals surface area contributed by atoms with Crippen LogP contribution in [0.25, 0.3) is 0 Å². The lowest BCUT2D eigenvalue weighted by molar-refractivity contribution is -0.132. The molecule has 0 saturated heterocycles. The molecule has 36 heavy (non-hydrogen) atoms. The van der Waals surface area contributed by atoms with Crippen LogP contribution in [0.15, 0.2) is 17.8 Å². The molecule has 3 N–H and O–H groups in total. The van der Waals surface area contributed by atoms with E-state index >= 15 is 0 Å². The van der Waals surface area contributed by atoms with Crippen LogP contribution in [0.4, 0.5) is 0 Å². The predicted molar refractivity (Wildman–Crippen MR) is 138 cm³/mol. The van der Waals surface area contributed by atoms with Crippen molar-refractivity contribution in [2.75, 3.05) is 40.0 Å². The molecule has 4 rings (SSSR count). The van der Waals surface area contributed by atoms with E-state index in [1.165, 1.54) is 19.3 Å². The molecule has 0 aliphatic heterocycles. The number of amides is 2. The monoisotopic (exact) mass is 501 g/mol. The van der Waals surface area contributed by atoms with E-state index in [0.29, 0.717) is 87.3 Å². The lowest BCUT2D eigenvalue weighted by Gasteiger charge is -2.25. The van der Waals surface area contributed by atoms with E-state index in [2.05, 4.69) is 30.3 Å². The highest BCUT2D eigenvalue weighted by atomic mass is 16.5. The summed E-state index contributed by atoms with van der Waals surface area (Å²) in [5.74, 6) is 2.45. The van der Waals surface area contributed by atoms with Crippen LogP contribution in [0, 0.1) is 23.7 Å². The Morgan fingerprint density at radius 3 is 2.92 bits per heavy atom. The highest BCUT2D eigenvalue weighted by Gasteiger charge is 2.49. The van der Waals surface area contributed by atoms with E-state index in [1.54, 1.807) is 28.5 Å². The highest BCUT2D eigenvalue weighted by Crippen LogP contribution is 2.54. The summed E-state index contributed by atoms with van der Waals surface area (Å²) < 4.78 is 13.0. The lowest BCUT2D eigenvalue weighted by Crippen LogP contribution is -2.41. The van der Waals surface area contributed by atoms with Gasteiger partial charge >= 0.3 is 0 Å². The molecule has 3 aliphatic rings. The van der Waals surface area contributed by atoms with Crippen molar-refractivity contribution in [3.8, 4) is 5.88 Å². The summed E-state index contributed by atoms with van der Waals surface area (Å²) in [7, 11) is 1.62. The van der Waals surface area contributed by atoms with Crippen LogP contribution in [0.1, 0.15) is 62.7 Å². The average molecular weight is 502 g/mol. The third-order valence-corrected chi connectivity index (χ3v) is 7.95. The molecule has 1 aromatic heterocycles. The van der Waals surface area contributed by atoms with Gasteiger partial charge in [-0.1, -0.05) is 25.5 Å².